The Morgan fingerprint density at radius 2 is 1.65 bits per heavy atom. The fraction of sp³-hybridized carbons (Fsp3) is 0.667. The molecular formula is C18H25BrN2O2. The molecule has 0 aliphatic carbocycles. The van der Waals surface area contributed by atoms with E-state index in [9.17, 15) is 0 Å². The van der Waals surface area contributed by atoms with Crippen molar-refractivity contribution in [2.75, 3.05) is 45.9 Å². The van der Waals surface area contributed by atoms with Gasteiger partial charge in [-0.1, -0.05) is 0 Å². The fourth-order valence-electron chi connectivity index (χ4n) is 3.95. The van der Waals surface area contributed by atoms with Crippen molar-refractivity contribution < 1.29 is 9.47 Å². The summed E-state index contributed by atoms with van der Waals surface area (Å²) in [7, 11) is 0. The third-order valence-electron chi connectivity index (χ3n) is 5.17. The average molecular weight is 381 g/mol. The summed E-state index contributed by atoms with van der Waals surface area (Å²) in [6.07, 6.45) is 5.48. The zero-order chi connectivity index (χ0) is 15.6. The Hall–Kier alpha value is -0.780. The van der Waals surface area contributed by atoms with Crippen LogP contribution in [0.3, 0.4) is 0 Å². The largest absolute Gasteiger partial charge is 0.493 e. The molecule has 0 atom stereocenters. The third kappa shape index (κ3) is 3.11. The van der Waals surface area contributed by atoms with Gasteiger partial charge in [0.25, 0.3) is 0 Å². The molecule has 1 N–H and O–H groups in total. The van der Waals surface area contributed by atoms with E-state index in [4.69, 9.17) is 9.47 Å². The highest BCUT2D eigenvalue weighted by Crippen LogP contribution is 2.46. The summed E-state index contributed by atoms with van der Waals surface area (Å²) in [4.78, 5) is 2.56. The summed E-state index contributed by atoms with van der Waals surface area (Å²) in [5.41, 5.74) is 4.13. The van der Waals surface area contributed by atoms with Crippen LogP contribution in [0.2, 0.25) is 0 Å². The molecule has 3 aliphatic heterocycles. The smallest absolute Gasteiger partial charge is 0.137 e. The van der Waals surface area contributed by atoms with E-state index in [1.807, 2.05) is 0 Å². The molecule has 0 aromatic heterocycles. The molecule has 0 spiro atoms. The topological polar surface area (TPSA) is 33.7 Å². The Morgan fingerprint density at radius 3 is 2.43 bits per heavy atom. The van der Waals surface area contributed by atoms with Crippen LogP contribution in [0.4, 0.5) is 0 Å². The highest BCUT2D eigenvalue weighted by atomic mass is 79.9. The average Bonchev–Trinajstić information content (AvgIpc) is 2.63. The van der Waals surface area contributed by atoms with E-state index >= 15 is 0 Å². The van der Waals surface area contributed by atoms with Gasteiger partial charge in [-0.05, 0) is 48.0 Å². The van der Waals surface area contributed by atoms with E-state index in [0.717, 1.165) is 94.0 Å². The van der Waals surface area contributed by atoms with Crippen LogP contribution in [0.5, 0.6) is 11.5 Å². The second kappa shape index (κ2) is 6.99. The second-order valence-corrected chi connectivity index (χ2v) is 7.45. The number of hydrogen-bond acceptors (Lipinski definition) is 4. The lowest BCUT2D eigenvalue weighted by molar-refractivity contribution is 0.238. The van der Waals surface area contributed by atoms with Crippen molar-refractivity contribution in [3.8, 4) is 11.5 Å². The zero-order valence-electron chi connectivity index (χ0n) is 13.6. The van der Waals surface area contributed by atoms with E-state index in [0.29, 0.717) is 0 Å². The van der Waals surface area contributed by atoms with Gasteiger partial charge in [0.1, 0.15) is 11.5 Å². The first-order valence-corrected chi connectivity index (χ1v) is 9.68. The van der Waals surface area contributed by atoms with Gasteiger partial charge >= 0.3 is 0 Å². The molecule has 3 heterocycles. The van der Waals surface area contributed by atoms with Gasteiger partial charge in [0.15, 0.2) is 0 Å². The highest BCUT2D eigenvalue weighted by molar-refractivity contribution is 9.10. The van der Waals surface area contributed by atoms with Gasteiger partial charge < -0.3 is 19.7 Å². The Morgan fingerprint density at radius 1 is 0.957 bits per heavy atom. The van der Waals surface area contributed by atoms with Crippen LogP contribution >= 0.6 is 15.9 Å². The summed E-state index contributed by atoms with van der Waals surface area (Å²) in [6, 6.07) is 0. The van der Waals surface area contributed by atoms with Crippen LogP contribution in [0.15, 0.2) is 4.47 Å². The van der Waals surface area contributed by atoms with E-state index in [1.165, 1.54) is 16.7 Å². The van der Waals surface area contributed by atoms with Gasteiger partial charge in [0.05, 0.1) is 17.7 Å². The summed E-state index contributed by atoms with van der Waals surface area (Å²) in [5, 5.41) is 3.43. The predicted octanol–water partition coefficient (Wildman–Crippen LogP) is 2.55. The number of nitrogens with zero attached hydrogens (tertiary/aromatic N) is 1. The van der Waals surface area contributed by atoms with E-state index in [2.05, 4.69) is 26.1 Å². The molecular weight excluding hydrogens is 356 g/mol. The first kappa shape index (κ1) is 15.7. The van der Waals surface area contributed by atoms with Crippen molar-refractivity contribution in [1.29, 1.82) is 0 Å². The van der Waals surface area contributed by atoms with Crippen molar-refractivity contribution in [2.24, 2.45) is 0 Å². The number of ether oxygens (including phenoxy) is 2. The van der Waals surface area contributed by atoms with Crippen LogP contribution in [-0.4, -0.2) is 50.8 Å². The Labute approximate surface area is 146 Å². The molecule has 23 heavy (non-hydrogen) atoms. The fourth-order valence-corrected chi connectivity index (χ4v) is 4.69. The van der Waals surface area contributed by atoms with Crippen LogP contribution in [0.1, 0.15) is 29.5 Å². The molecule has 1 aromatic rings. The zero-order valence-corrected chi connectivity index (χ0v) is 15.2. The monoisotopic (exact) mass is 380 g/mol. The van der Waals surface area contributed by atoms with Gasteiger partial charge in [-0.3, -0.25) is 0 Å². The minimum absolute atomic E-state index is 0.836. The van der Waals surface area contributed by atoms with E-state index < -0.39 is 0 Å². The minimum atomic E-state index is 0.836. The van der Waals surface area contributed by atoms with Crippen molar-refractivity contribution in [3.63, 3.8) is 0 Å². The summed E-state index contributed by atoms with van der Waals surface area (Å²) in [6.45, 7) is 7.32. The summed E-state index contributed by atoms with van der Waals surface area (Å²) in [5.74, 6) is 2.25. The Bertz CT molecular complexity index is 548. The third-order valence-corrected chi connectivity index (χ3v) is 6.01. The molecule has 0 amide bonds. The maximum Gasteiger partial charge on any atom is 0.137 e. The Balaban J connectivity index is 1.66. The number of fused-ring (bicyclic) bond motifs is 2. The molecule has 1 aromatic carbocycles. The number of halogens is 1. The lowest BCUT2D eigenvalue weighted by Crippen LogP contribution is -2.44. The van der Waals surface area contributed by atoms with Crippen LogP contribution in [0, 0.1) is 0 Å². The molecule has 3 aliphatic rings. The molecule has 4 nitrogen and oxygen atoms in total. The first-order chi connectivity index (χ1) is 11.3. The first-order valence-electron chi connectivity index (χ1n) is 8.89. The molecule has 126 valence electrons. The maximum atomic E-state index is 6.12. The number of benzene rings is 1. The molecule has 4 rings (SSSR count). The summed E-state index contributed by atoms with van der Waals surface area (Å²) < 4.78 is 13.3. The van der Waals surface area contributed by atoms with Gasteiger partial charge in [0, 0.05) is 49.4 Å². The van der Waals surface area contributed by atoms with E-state index in [1.54, 1.807) is 0 Å². The Kier molecular flexibility index (Phi) is 4.78. The lowest BCUT2D eigenvalue weighted by Gasteiger charge is -2.31. The van der Waals surface area contributed by atoms with Crippen molar-refractivity contribution >= 4 is 15.9 Å². The van der Waals surface area contributed by atoms with Gasteiger partial charge in [-0.2, -0.15) is 0 Å². The molecule has 0 radical (unpaired) electrons. The van der Waals surface area contributed by atoms with Crippen molar-refractivity contribution in [1.82, 2.24) is 10.2 Å². The van der Waals surface area contributed by atoms with Crippen molar-refractivity contribution in [3.05, 3.63) is 21.2 Å². The standard InChI is InChI=1S/C18H25BrN2O2/c19-16-15-4-2-11-22-17(15)14(13-3-1-12-23-18(13)16)5-8-21-9-6-20-7-10-21/h20H,1-12H2. The SMILES string of the molecule is Brc1c2c(c(CCN3CCNCC3)c3c1OCCC3)OCCC2. The van der Waals surface area contributed by atoms with Crippen LogP contribution in [0.25, 0.3) is 0 Å². The number of piperazine rings is 1. The number of hydrogen-bond donors (Lipinski definition) is 1. The van der Waals surface area contributed by atoms with Gasteiger partial charge in [-0.25, -0.2) is 0 Å². The maximum absolute atomic E-state index is 6.12. The van der Waals surface area contributed by atoms with Gasteiger partial charge in [0.2, 0.25) is 0 Å². The summed E-state index contributed by atoms with van der Waals surface area (Å²) >= 11 is 3.79. The minimum Gasteiger partial charge on any atom is -0.493 e. The number of nitrogens with one attached hydrogen (secondary N) is 1. The van der Waals surface area contributed by atoms with E-state index in [-0.39, 0.29) is 0 Å². The number of rotatable bonds is 3. The normalized spacial score (nSPS) is 21.1. The molecule has 0 unspecified atom stereocenters. The molecule has 0 saturated carbocycles. The predicted molar refractivity (Wildman–Crippen MR) is 94.8 cm³/mol. The molecule has 5 heteroatoms. The highest BCUT2D eigenvalue weighted by Gasteiger charge is 2.28. The van der Waals surface area contributed by atoms with Crippen LogP contribution in [-0.2, 0) is 19.3 Å². The van der Waals surface area contributed by atoms with Gasteiger partial charge in [-0.15, -0.1) is 0 Å². The quantitative estimate of drug-likeness (QED) is 0.873. The van der Waals surface area contributed by atoms with Crippen molar-refractivity contribution in [2.45, 2.75) is 32.1 Å². The second-order valence-electron chi connectivity index (χ2n) is 6.65. The molecule has 0 bridgehead atoms. The van der Waals surface area contributed by atoms with Crippen LogP contribution < -0.4 is 14.8 Å². The molecule has 1 saturated heterocycles. The molecule has 1 fully saturated rings. The lowest BCUT2D eigenvalue weighted by atomic mass is 9.91.